The molecule has 2 atom stereocenters. The van der Waals surface area contributed by atoms with E-state index in [1.165, 1.54) is 6.92 Å². The quantitative estimate of drug-likeness (QED) is 0.573. The lowest BCUT2D eigenvalue weighted by Gasteiger charge is -2.16. The van der Waals surface area contributed by atoms with Gasteiger partial charge >= 0.3 is 0 Å². The van der Waals surface area contributed by atoms with E-state index in [2.05, 4.69) is 6.92 Å². The van der Waals surface area contributed by atoms with Crippen molar-refractivity contribution in [2.24, 2.45) is 11.8 Å². The minimum Gasteiger partial charge on any atom is -0.303 e. The predicted molar refractivity (Wildman–Crippen MR) is 48.9 cm³/mol. The smallest absolute Gasteiger partial charge is 0.130 e. The number of carbonyl (C=O) groups is 2. The topological polar surface area (TPSA) is 34.1 Å². The lowest BCUT2D eigenvalue weighted by molar-refractivity contribution is -0.122. The number of ketones is 1. The van der Waals surface area contributed by atoms with E-state index in [4.69, 9.17) is 0 Å². The third kappa shape index (κ3) is 4.27. The molecular weight excluding hydrogens is 152 g/mol. The fraction of sp³-hybridized carbons (Fsp3) is 0.800. The monoisotopic (exact) mass is 170 g/mol. The first-order valence-corrected chi connectivity index (χ1v) is 4.56. The van der Waals surface area contributed by atoms with Crippen LogP contribution in [0.2, 0.25) is 0 Å². The molecule has 0 radical (unpaired) electrons. The zero-order chi connectivity index (χ0) is 9.56. The lowest BCUT2D eigenvalue weighted by Crippen LogP contribution is -2.16. The van der Waals surface area contributed by atoms with E-state index >= 15 is 0 Å². The van der Waals surface area contributed by atoms with Crippen molar-refractivity contribution in [3.05, 3.63) is 0 Å². The minimum atomic E-state index is -0.0672. The number of rotatable bonds is 6. The lowest BCUT2D eigenvalue weighted by atomic mass is 9.88. The largest absolute Gasteiger partial charge is 0.303 e. The van der Waals surface area contributed by atoms with E-state index in [0.29, 0.717) is 12.3 Å². The zero-order valence-electron chi connectivity index (χ0n) is 8.17. The van der Waals surface area contributed by atoms with Gasteiger partial charge in [-0.15, -0.1) is 0 Å². The Morgan fingerprint density at radius 3 is 2.42 bits per heavy atom. The average molecular weight is 170 g/mol. The highest BCUT2D eigenvalue weighted by Crippen LogP contribution is 2.18. The van der Waals surface area contributed by atoms with Gasteiger partial charge in [-0.1, -0.05) is 26.7 Å². The minimum absolute atomic E-state index is 0.0672. The van der Waals surface area contributed by atoms with Crippen molar-refractivity contribution in [3.63, 3.8) is 0 Å². The molecule has 0 aliphatic carbocycles. The fourth-order valence-corrected chi connectivity index (χ4v) is 1.38. The van der Waals surface area contributed by atoms with Crippen molar-refractivity contribution in [3.8, 4) is 0 Å². The van der Waals surface area contributed by atoms with Gasteiger partial charge in [-0.2, -0.15) is 0 Å². The summed E-state index contributed by atoms with van der Waals surface area (Å²) in [5.41, 5.74) is 0. The highest BCUT2D eigenvalue weighted by molar-refractivity contribution is 5.78. The van der Waals surface area contributed by atoms with Crippen LogP contribution in [0.25, 0.3) is 0 Å². The fourth-order valence-electron chi connectivity index (χ4n) is 1.38. The molecule has 0 bridgehead atoms. The van der Waals surface area contributed by atoms with Gasteiger partial charge in [-0.05, 0) is 12.8 Å². The summed E-state index contributed by atoms with van der Waals surface area (Å²) in [6.07, 6.45) is 3.42. The Morgan fingerprint density at radius 1 is 1.50 bits per heavy atom. The van der Waals surface area contributed by atoms with Crippen molar-refractivity contribution in [2.75, 3.05) is 0 Å². The standard InChI is InChI=1S/C10H18O2/c1-4-5-8(2)10(7-11)6-9(3)12/h7-8,10H,4-6H2,1-3H3/t8-,10?/m0/s1. The van der Waals surface area contributed by atoms with Crippen molar-refractivity contribution in [1.29, 1.82) is 0 Å². The van der Waals surface area contributed by atoms with Crippen LogP contribution in [-0.2, 0) is 9.59 Å². The van der Waals surface area contributed by atoms with E-state index in [9.17, 15) is 9.59 Å². The molecule has 0 heterocycles. The van der Waals surface area contributed by atoms with E-state index in [0.717, 1.165) is 19.1 Å². The van der Waals surface area contributed by atoms with E-state index in [1.807, 2.05) is 6.92 Å². The predicted octanol–water partition coefficient (Wildman–Crippen LogP) is 2.22. The molecule has 0 N–H and O–H groups in total. The van der Waals surface area contributed by atoms with Crippen LogP contribution in [0.3, 0.4) is 0 Å². The zero-order valence-corrected chi connectivity index (χ0v) is 8.17. The van der Waals surface area contributed by atoms with E-state index in [1.54, 1.807) is 0 Å². The van der Waals surface area contributed by atoms with Gasteiger partial charge in [0.1, 0.15) is 12.1 Å². The van der Waals surface area contributed by atoms with Crippen LogP contribution in [-0.4, -0.2) is 12.1 Å². The number of Topliss-reactive ketones (excluding diaryl/α,β-unsaturated/α-hetero) is 1. The molecular formula is C10H18O2. The molecule has 0 aromatic rings. The molecule has 0 saturated heterocycles. The molecule has 0 amide bonds. The first-order valence-electron chi connectivity index (χ1n) is 4.56. The molecule has 0 rings (SSSR count). The Kier molecular flexibility index (Phi) is 5.60. The van der Waals surface area contributed by atoms with Gasteiger partial charge in [0.2, 0.25) is 0 Å². The van der Waals surface area contributed by atoms with Crippen LogP contribution in [0.5, 0.6) is 0 Å². The normalized spacial score (nSPS) is 15.2. The van der Waals surface area contributed by atoms with Gasteiger partial charge in [0.25, 0.3) is 0 Å². The summed E-state index contributed by atoms with van der Waals surface area (Å²) < 4.78 is 0. The molecule has 2 nitrogen and oxygen atoms in total. The molecule has 0 saturated carbocycles. The van der Waals surface area contributed by atoms with Crippen LogP contribution >= 0.6 is 0 Å². The average Bonchev–Trinajstić information content (AvgIpc) is 2.00. The third-order valence-corrected chi connectivity index (χ3v) is 2.17. The molecule has 1 unspecified atom stereocenters. The summed E-state index contributed by atoms with van der Waals surface area (Å²) in [7, 11) is 0. The summed E-state index contributed by atoms with van der Waals surface area (Å²) in [6.45, 7) is 5.66. The van der Waals surface area contributed by atoms with Crippen molar-refractivity contribution >= 4 is 12.1 Å². The van der Waals surface area contributed by atoms with Crippen molar-refractivity contribution in [1.82, 2.24) is 0 Å². The first kappa shape index (κ1) is 11.3. The molecule has 70 valence electrons. The Bertz CT molecular complexity index is 152. The van der Waals surface area contributed by atoms with Crippen LogP contribution in [0.15, 0.2) is 0 Å². The number of hydrogen-bond donors (Lipinski definition) is 0. The molecule has 12 heavy (non-hydrogen) atoms. The second-order valence-corrected chi connectivity index (χ2v) is 3.47. The molecule has 0 aliphatic rings. The van der Waals surface area contributed by atoms with Gasteiger partial charge < -0.3 is 9.59 Å². The van der Waals surface area contributed by atoms with Gasteiger partial charge in [-0.3, -0.25) is 0 Å². The Morgan fingerprint density at radius 2 is 2.08 bits per heavy atom. The maximum atomic E-state index is 10.8. The van der Waals surface area contributed by atoms with Gasteiger partial charge in [0, 0.05) is 12.3 Å². The molecule has 0 spiro atoms. The van der Waals surface area contributed by atoms with Gasteiger partial charge in [-0.25, -0.2) is 0 Å². The molecule has 2 heteroatoms. The van der Waals surface area contributed by atoms with Crippen LogP contribution in [0, 0.1) is 11.8 Å². The van der Waals surface area contributed by atoms with Gasteiger partial charge in [0.05, 0.1) is 0 Å². The maximum Gasteiger partial charge on any atom is 0.130 e. The van der Waals surface area contributed by atoms with Gasteiger partial charge in [0.15, 0.2) is 0 Å². The number of hydrogen-bond acceptors (Lipinski definition) is 2. The molecule has 0 fully saturated rings. The summed E-state index contributed by atoms with van der Waals surface area (Å²) in [5.74, 6) is 0.383. The summed E-state index contributed by atoms with van der Waals surface area (Å²) in [6, 6.07) is 0. The second-order valence-electron chi connectivity index (χ2n) is 3.47. The number of carbonyl (C=O) groups excluding carboxylic acids is 2. The van der Waals surface area contributed by atoms with E-state index < -0.39 is 0 Å². The molecule has 0 aliphatic heterocycles. The maximum absolute atomic E-state index is 10.8. The Balaban J connectivity index is 3.95. The summed E-state index contributed by atoms with van der Waals surface area (Å²) in [5, 5.41) is 0. The summed E-state index contributed by atoms with van der Waals surface area (Å²) in [4.78, 5) is 21.4. The highest BCUT2D eigenvalue weighted by Gasteiger charge is 2.17. The summed E-state index contributed by atoms with van der Waals surface area (Å²) >= 11 is 0. The molecule has 0 aromatic carbocycles. The first-order chi connectivity index (χ1) is 5.61. The SMILES string of the molecule is CCC[C@H](C)C(C=O)CC(C)=O. The Hall–Kier alpha value is -0.660. The van der Waals surface area contributed by atoms with E-state index in [-0.39, 0.29) is 11.7 Å². The third-order valence-electron chi connectivity index (χ3n) is 2.17. The van der Waals surface area contributed by atoms with Crippen molar-refractivity contribution in [2.45, 2.75) is 40.0 Å². The van der Waals surface area contributed by atoms with Crippen molar-refractivity contribution < 1.29 is 9.59 Å². The Labute approximate surface area is 74.3 Å². The molecule has 0 aromatic heterocycles. The highest BCUT2D eigenvalue weighted by atomic mass is 16.1. The second kappa shape index (κ2) is 5.92. The van der Waals surface area contributed by atoms with Crippen LogP contribution in [0.4, 0.5) is 0 Å². The number of aldehydes is 1. The van der Waals surface area contributed by atoms with Crippen LogP contribution in [0.1, 0.15) is 40.0 Å². The van der Waals surface area contributed by atoms with Crippen LogP contribution < -0.4 is 0 Å².